The van der Waals surface area contributed by atoms with E-state index in [4.69, 9.17) is 4.74 Å². The Hall–Kier alpha value is -2.40. The van der Waals surface area contributed by atoms with Crippen molar-refractivity contribution >= 4 is 22.8 Å². The Morgan fingerprint density at radius 2 is 1.83 bits per heavy atom. The molecule has 2 amide bonds. The van der Waals surface area contributed by atoms with Crippen molar-refractivity contribution in [2.75, 3.05) is 19.7 Å². The van der Waals surface area contributed by atoms with Crippen LogP contribution in [-0.4, -0.2) is 31.7 Å². The number of amides is 2. The van der Waals surface area contributed by atoms with Crippen LogP contribution in [0.25, 0.3) is 10.8 Å². The number of quaternary nitrogens is 1. The van der Waals surface area contributed by atoms with Gasteiger partial charge in [0.1, 0.15) is 6.54 Å². The van der Waals surface area contributed by atoms with E-state index in [1.165, 1.54) is 16.3 Å². The molecule has 2 aromatic carbocycles. The van der Waals surface area contributed by atoms with Crippen LogP contribution >= 0.6 is 0 Å². The number of benzene rings is 2. The van der Waals surface area contributed by atoms with Gasteiger partial charge in [0, 0.05) is 5.56 Å². The van der Waals surface area contributed by atoms with Crippen LogP contribution in [0.1, 0.15) is 19.4 Å². The Morgan fingerprint density at radius 1 is 1.09 bits per heavy atom. The molecule has 0 spiro atoms. The fourth-order valence-corrected chi connectivity index (χ4v) is 2.58. The van der Waals surface area contributed by atoms with Crippen LogP contribution in [0.3, 0.4) is 0 Å². The Labute approximate surface area is 136 Å². The minimum atomic E-state index is -0.682. The van der Waals surface area contributed by atoms with Crippen molar-refractivity contribution in [3.05, 3.63) is 48.0 Å². The molecule has 0 aliphatic carbocycles. The lowest BCUT2D eigenvalue weighted by atomic mass is 10.0. The summed E-state index contributed by atoms with van der Waals surface area (Å²) >= 11 is 0. The van der Waals surface area contributed by atoms with Crippen molar-refractivity contribution in [3.63, 3.8) is 0 Å². The zero-order valence-corrected chi connectivity index (χ0v) is 13.6. The first kappa shape index (κ1) is 17.0. The molecule has 5 nitrogen and oxygen atoms in total. The topological polar surface area (TPSA) is 59.8 Å². The van der Waals surface area contributed by atoms with Gasteiger partial charge < -0.3 is 9.64 Å². The second-order valence-electron chi connectivity index (χ2n) is 5.36. The van der Waals surface area contributed by atoms with Crippen molar-refractivity contribution < 1.29 is 19.2 Å². The molecule has 2 N–H and O–H groups in total. The summed E-state index contributed by atoms with van der Waals surface area (Å²) in [5.74, 6) is -0.319. The lowest BCUT2D eigenvalue weighted by Crippen LogP contribution is -3.11. The van der Waals surface area contributed by atoms with E-state index in [-0.39, 0.29) is 19.1 Å². The van der Waals surface area contributed by atoms with Gasteiger partial charge in [0.2, 0.25) is 0 Å². The number of carbonyl (C=O) groups excluding carboxylic acids is 2. The minimum absolute atomic E-state index is 0.235. The van der Waals surface area contributed by atoms with E-state index in [0.29, 0.717) is 0 Å². The summed E-state index contributed by atoms with van der Waals surface area (Å²) in [6.45, 7) is 5.73. The lowest BCUT2D eigenvalue weighted by Gasteiger charge is -2.18. The Balaban J connectivity index is 2.04. The second kappa shape index (κ2) is 8.29. The number of carbonyl (C=O) groups is 2. The molecule has 2 aromatic rings. The number of ether oxygens (including phenoxy) is 1. The van der Waals surface area contributed by atoms with Crippen LogP contribution in [0.4, 0.5) is 4.79 Å². The zero-order valence-electron chi connectivity index (χ0n) is 13.6. The largest absolute Gasteiger partial charge is 0.450 e. The molecule has 0 heterocycles. The van der Waals surface area contributed by atoms with Gasteiger partial charge in [-0.2, -0.15) is 0 Å². The third-order valence-corrected chi connectivity index (χ3v) is 3.75. The summed E-state index contributed by atoms with van der Waals surface area (Å²) in [5, 5.41) is 4.64. The third kappa shape index (κ3) is 4.79. The first-order valence-electron chi connectivity index (χ1n) is 7.90. The van der Waals surface area contributed by atoms with E-state index >= 15 is 0 Å². The van der Waals surface area contributed by atoms with Crippen molar-refractivity contribution in [1.29, 1.82) is 0 Å². The molecule has 0 saturated heterocycles. The van der Waals surface area contributed by atoms with Gasteiger partial charge in [0.25, 0.3) is 5.91 Å². The molecule has 0 saturated carbocycles. The Bertz CT molecular complexity index is 680. The van der Waals surface area contributed by atoms with E-state index in [2.05, 4.69) is 29.6 Å². The summed E-state index contributed by atoms with van der Waals surface area (Å²) in [6.07, 6.45) is -0.682. The normalized spacial score (nSPS) is 11.9. The highest BCUT2D eigenvalue weighted by molar-refractivity contribution is 5.92. The molecule has 0 radical (unpaired) electrons. The molecular weight excluding hydrogens is 292 g/mol. The predicted octanol–water partition coefficient (Wildman–Crippen LogP) is 1.52. The second-order valence-corrected chi connectivity index (χ2v) is 5.36. The number of alkyl carbamates (subject to hydrolysis) is 1. The van der Waals surface area contributed by atoms with E-state index in [1.807, 2.05) is 25.1 Å². The van der Waals surface area contributed by atoms with Crippen molar-refractivity contribution in [2.24, 2.45) is 0 Å². The number of hydrogen-bond acceptors (Lipinski definition) is 3. The molecule has 1 unspecified atom stereocenters. The molecule has 0 aromatic heterocycles. The van der Waals surface area contributed by atoms with Crippen molar-refractivity contribution in [1.82, 2.24) is 5.32 Å². The van der Waals surface area contributed by atoms with Crippen molar-refractivity contribution in [2.45, 2.75) is 20.4 Å². The van der Waals surface area contributed by atoms with Gasteiger partial charge in [0.15, 0.2) is 6.54 Å². The SMILES string of the molecule is CCOC(=O)NC(=O)C[NH+](CC)Cc1cccc2ccccc12. The first-order valence-corrected chi connectivity index (χ1v) is 7.90. The molecule has 1 atom stereocenters. The Kier molecular flexibility index (Phi) is 6.11. The number of fused-ring (bicyclic) bond motifs is 1. The molecule has 5 heteroatoms. The summed E-state index contributed by atoms with van der Waals surface area (Å²) in [6, 6.07) is 14.4. The third-order valence-electron chi connectivity index (χ3n) is 3.75. The maximum absolute atomic E-state index is 11.9. The van der Waals surface area contributed by atoms with Gasteiger partial charge in [-0.05, 0) is 24.6 Å². The summed E-state index contributed by atoms with van der Waals surface area (Å²) in [4.78, 5) is 24.3. The van der Waals surface area contributed by atoms with Crippen LogP contribution in [0.5, 0.6) is 0 Å². The van der Waals surface area contributed by atoms with E-state index < -0.39 is 6.09 Å². The highest BCUT2D eigenvalue weighted by Crippen LogP contribution is 2.17. The van der Waals surface area contributed by atoms with Gasteiger partial charge >= 0.3 is 6.09 Å². The van der Waals surface area contributed by atoms with E-state index in [1.54, 1.807) is 6.92 Å². The number of hydrogen-bond donors (Lipinski definition) is 2. The van der Waals surface area contributed by atoms with Gasteiger partial charge in [-0.25, -0.2) is 4.79 Å². The molecule has 0 bridgehead atoms. The highest BCUT2D eigenvalue weighted by Gasteiger charge is 2.16. The summed E-state index contributed by atoms with van der Waals surface area (Å²) < 4.78 is 4.72. The van der Waals surface area contributed by atoms with E-state index in [0.717, 1.165) is 18.0 Å². The molecule has 0 fully saturated rings. The minimum Gasteiger partial charge on any atom is -0.450 e. The highest BCUT2D eigenvalue weighted by atomic mass is 16.5. The molecule has 2 rings (SSSR count). The fourth-order valence-electron chi connectivity index (χ4n) is 2.58. The maximum atomic E-state index is 11.9. The predicted molar refractivity (Wildman–Crippen MR) is 89.2 cm³/mol. The standard InChI is InChI=1S/C18H22N2O3/c1-3-20(13-17(21)19-18(22)23-4-2)12-15-10-7-9-14-8-5-6-11-16(14)15/h5-11H,3-4,12-13H2,1-2H3,(H,19,21,22)/p+1. The summed E-state index contributed by atoms with van der Waals surface area (Å²) in [7, 11) is 0. The molecule has 0 aliphatic rings. The monoisotopic (exact) mass is 315 g/mol. The molecule has 0 aliphatic heterocycles. The van der Waals surface area contributed by atoms with Crippen molar-refractivity contribution in [3.8, 4) is 0 Å². The van der Waals surface area contributed by atoms with Crippen LogP contribution < -0.4 is 10.2 Å². The molecular formula is C18H23N2O3+. The quantitative estimate of drug-likeness (QED) is 0.850. The van der Waals surface area contributed by atoms with Gasteiger partial charge in [-0.3, -0.25) is 10.1 Å². The van der Waals surface area contributed by atoms with Gasteiger partial charge in [0.05, 0.1) is 13.2 Å². The van der Waals surface area contributed by atoms with Crippen LogP contribution in [0.2, 0.25) is 0 Å². The van der Waals surface area contributed by atoms with Crippen LogP contribution in [-0.2, 0) is 16.1 Å². The summed E-state index contributed by atoms with van der Waals surface area (Å²) in [5.41, 5.74) is 1.20. The number of nitrogens with one attached hydrogen (secondary N) is 2. The van der Waals surface area contributed by atoms with Crippen LogP contribution in [0, 0.1) is 0 Å². The average molecular weight is 315 g/mol. The Morgan fingerprint density at radius 3 is 2.57 bits per heavy atom. The fraction of sp³-hybridized carbons (Fsp3) is 0.333. The van der Waals surface area contributed by atoms with Gasteiger partial charge in [-0.15, -0.1) is 0 Å². The average Bonchev–Trinajstić information content (AvgIpc) is 2.54. The van der Waals surface area contributed by atoms with Crippen LogP contribution in [0.15, 0.2) is 42.5 Å². The number of imide groups is 1. The van der Waals surface area contributed by atoms with E-state index in [9.17, 15) is 9.59 Å². The zero-order chi connectivity index (χ0) is 16.7. The number of likely N-dealkylation sites (N-methyl/N-ethyl adjacent to an activating group) is 1. The first-order chi connectivity index (χ1) is 11.1. The molecule has 122 valence electrons. The smallest absolute Gasteiger partial charge is 0.414 e. The number of rotatable bonds is 6. The van der Waals surface area contributed by atoms with Gasteiger partial charge in [-0.1, -0.05) is 42.5 Å². The maximum Gasteiger partial charge on any atom is 0.414 e. The molecule has 23 heavy (non-hydrogen) atoms. The lowest BCUT2D eigenvalue weighted by molar-refractivity contribution is -0.904.